The van der Waals surface area contributed by atoms with Gasteiger partial charge in [-0.05, 0) is 39.0 Å². The van der Waals surface area contributed by atoms with Crippen molar-refractivity contribution in [1.29, 1.82) is 0 Å². The van der Waals surface area contributed by atoms with Gasteiger partial charge in [-0.15, -0.1) is 0 Å². The number of amides is 2. The van der Waals surface area contributed by atoms with Crippen molar-refractivity contribution in [3.63, 3.8) is 0 Å². The van der Waals surface area contributed by atoms with Crippen LogP contribution in [0.2, 0.25) is 0 Å². The minimum Gasteiger partial charge on any atom is -0.351 e. The predicted octanol–water partition coefficient (Wildman–Crippen LogP) is 1.85. The monoisotopic (exact) mass is 432 g/mol. The van der Waals surface area contributed by atoms with Crippen molar-refractivity contribution < 1.29 is 18.0 Å². The fourth-order valence-corrected chi connectivity index (χ4v) is 4.46. The van der Waals surface area contributed by atoms with E-state index in [2.05, 4.69) is 4.72 Å². The Hall–Kier alpha value is -2.65. The number of aryl methyl sites for hydroxylation is 2. The van der Waals surface area contributed by atoms with Gasteiger partial charge in [-0.3, -0.25) is 9.69 Å². The van der Waals surface area contributed by atoms with Crippen LogP contribution >= 0.6 is 0 Å². The summed E-state index contributed by atoms with van der Waals surface area (Å²) in [5, 5.41) is 0. The fraction of sp³-hybridized carbons (Fsp3) is 0.429. The molecule has 1 saturated heterocycles. The van der Waals surface area contributed by atoms with Crippen LogP contribution in [0.25, 0.3) is 0 Å². The molecule has 0 bridgehead atoms. The van der Waals surface area contributed by atoms with Gasteiger partial charge in [0.2, 0.25) is 0 Å². The quantitative estimate of drug-likeness (QED) is 0.728. The molecule has 2 aromatic rings. The molecule has 0 atom stereocenters. The van der Waals surface area contributed by atoms with E-state index in [0.717, 1.165) is 22.5 Å². The summed E-state index contributed by atoms with van der Waals surface area (Å²) in [6, 6.07) is 7.58. The maximum atomic E-state index is 12.7. The number of urea groups is 1. The Kier molecular flexibility index (Phi) is 6.33. The maximum Gasteiger partial charge on any atom is 0.331 e. The van der Waals surface area contributed by atoms with Crippen LogP contribution in [0.3, 0.4) is 0 Å². The van der Waals surface area contributed by atoms with Gasteiger partial charge < -0.3 is 9.47 Å². The number of nitrogens with zero attached hydrogens (tertiary/aromatic N) is 3. The molecule has 0 unspecified atom stereocenters. The second-order valence-corrected chi connectivity index (χ2v) is 9.44. The minimum atomic E-state index is -3.91. The molecule has 1 aromatic carbocycles. The molecule has 0 radical (unpaired) electrons. The average molecular weight is 433 g/mol. The third-order valence-corrected chi connectivity index (χ3v) is 6.99. The van der Waals surface area contributed by atoms with Crippen molar-refractivity contribution in [2.75, 3.05) is 32.7 Å². The molecule has 2 amide bonds. The first-order valence-electron chi connectivity index (χ1n) is 9.85. The Bertz CT molecular complexity index is 1050. The van der Waals surface area contributed by atoms with Crippen LogP contribution in [0.5, 0.6) is 0 Å². The summed E-state index contributed by atoms with van der Waals surface area (Å²) in [6.45, 7) is 7.76. The van der Waals surface area contributed by atoms with Gasteiger partial charge in [-0.1, -0.05) is 17.7 Å². The van der Waals surface area contributed by atoms with Crippen molar-refractivity contribution in [2.45, 2.75) is 25.7 Å². The highest BCUT2D eigenvalue weighted by atomic mass is 32.2. The van der Waals surface area contributed by atoms with E-state index in [1.807, 2.05) is 43.4 Å². The van der Waals surface area contributed by atoms with Gasteiger partial charge in [0.25, 0.3) is 10.0 Å². The Balaban J connectivity index is 1.54. The molecule has 1 aliphatic rings. The zero-order chi connectivity index (χ0) is 22.1. The van der Waals surface area contributed by atoms with Crippen molar-refractivity contribution in [2.24, 2.45) is 7.05 Å². The average Bonchev–Trinajstić information content (AvgIpc) is 2.96. The van der Waals surface area contributed by atoms with Gasteiger partial charge in [0.1, 0.15) is 0 Å². The van der Waals surface area contributed by atoms with E-state index in [1.54, 1.807) is 12.1 Å². The van der Waals surface area contributed by atoms with Gasteiger partial charge in [0, 0.05) is 50.2 Å². The zero-order valence-electron chi connectivity index (χ0n) is 17.8. The van der Waals surface area contributed by atoms with E-state index >= 15 is 0 Å². The van der Waals surface area contributed by atoms with Crippen LogP contribution in [0.4, 0.5) is 4.79 Å². The molecular weight excluding hydrogens is 404 g/mol. The summed E-state index contributed by atoms with van der Waals surface area (Å²) in [5.74, 6) is 0.0519. The topological polar surface area (TPSA) is 91.7 Å². The standard InChI is InChI=1S/C21H28N4O4S/c1-15-5-7-18(8-6-15)30(28,29)22-21(27)25-11-9-24(10-12-25)14-20(26)19-13-16(2)23(4)17(19)3/h5-8,13H,9-12,14H2,1-4H3,(H,22,27). The van der Waals surface area contributed by atoms with Crippen LogP contribution < -0.4 is 4.72 Å². The number of sulfonamides is 1. The molecule has 8 nitrogen and oxygen atoms in total. The van der Waals surface area contributed by atoms with Crippen molar-refractivity contribution in [1.82, 2.24) is 19.1 Å². The first-order valence-corrected chi connectivity index (χ1v) is 11.3. The summed E-state index contributed by atoms with van der Waals surface area (Å²) >= 11 is 0. The molecule has 2 heterocycles. The van der Waals surface area contributed by atoms with Crippen molar-refractivity contribution >= 4 is 21.8 Å². The van der Waals surface area contributed by atoms with Crippen LogP contribution in [-0.2, 0) is 17.1 Å². The molecule has 0 aliphatic carbocycles. The Morgan fingerprint density at radius 3 is 2.13 bits per heavy atom. The van der Waals surface area contributed by atoms with E-state index in [1.165, 1.54) is 17.0 Å². The molecular formula is C21H28N4O4S. The second kappa shape index (κ2) is 8.61. The SMILES string of the molecule is Cc1ccc(S(=O)(=O)NC(=O)N2CCN(CC(=O)c3cc(C)n(C)c3C)CC2)cc1. The molecule has 1 aliphatic heterocycles. The van der Waals surface area contributed by atoms with Gasteiger partial charge in [-0.25, -0.2) is 17.9 Å². The molecule has 1 fully saturated rings. The predicted molar refractivity (Wildman–Crippen MR) is 114 cm³/mol. The molecule has 1 aromatic heterocycles. The molecule has 1 N–H and O–H groups in total. The highest BCUT2D eigenvalue weighted by Crippen LogP contribution is 2.15. The second-order valence-electron chi connectivity index (χ2n) is 7.75. The molecule has 3 rings (SSSR count). The molecule has 9 heteroatoms. The number of hydrogen-bond acceptors (Lipinski definition) is 5. The molecule has 162 valence electrons. The zero-order valence-corrected chi connectivity index (χ0v) is 18.6. The lowest BCUT2D eigenvalue weighted by atomic mass is 10.1. The number of aromatic nitrogens is 1. The molecule has 30 heavy (non-hydrogen) atoms. The van der Waals surface area contributed by atoms with E-state index in [-0.39, 0.29) is 17.2 Å². The summed E-state index contributed by atoms with van der Waals surface area (Å²) in [7, 11) is -1.98. The van der Waals surface area contributed by atoms with E-state index in [4.69, 9.17) is 0 Å². The van der Waals surface area contributed by atoms with Gasteiger partial charge in [0.15, 0.2) is 5.78 Å². The van der Waals surface area contributed by atoms with Crippen LogP contribution in [-0.4, -0.2) is 67.3 Å². The maximum absolute atomic E-state index is 12.7. The number of hydrogen-bond donors (Lipinski definition) is 1. The smallest absolute Gasteiger partial charge is 0.331 e. The van der Waals surface area contributed by atoms with E-state index in [9.17, 15) is 18.0 Å². The third-order valence-electron chi connectivity index (χ3n) is 5.66. The lowest BCUT2D eigenvalue weighted by Gasteiger charge is -2.34. The van der Waals surface area contributed by atoms with Gasteiger partial charge in [0.05, 0.1) is 11.4 Å². The first-order chi connectivity index (χ1) is 14.1. The Morgan fingerprint density at radius 2 is 1.60 bits per heavy atom. The largest absolute Gasteiger partial charge is 0.351 e. The van der Waals surface area contributed by atoms with Crippen LogP contribution in [0.15, 0.2) is 35.2 Å². The summed E-state index contributed by atoms with van der Waals surface area (Å²) in [5.41, 5.74) is 3.63. The van der Waals surface area contributed by atoms with E-state index in [0.29, 0.717) is 26.2 Å². The van der Waals surface area contributed by atoms with Crippen molar-refractivity contribution in [3.05, 3.63) is 52.8 Å². The highest BCUT2D eigenvalue weighted by molar-refractivity contribution is 7.90. The number of carbonyl (C=O) groups excluding carboxylic acids is 2. The molecule has 0 saturated carbocycles. The third kappa shape index (κ3) is 4.73. The summed E-state index contributed by atoms with van der Waals surface area (Å²) < 4.78 is 28.9. The minimum absolute atomic E-state index is 0.0519. The number of Topliss-reactive ketones (excluding diaryl/α,β-unsaturated/α-hetero) is 1. The number of carbonyl (C=O) groups is 2. The normalized spacial score (nSPS) is 15.3. The summed E-state index contributed by atoms with van der Waals surface area (Å²) in [6.07, 6.45) is 0. The van der Waals surface area contributed by atoms with E-state index < -0.39 is 16.1 Å². The first kappa shape index (κ1) is 22.0. The Labute approximate surface area is 177 Å². The van der Waals surface area contributed by atoms with Crippen LogP contribution in [0.1, 0.15) is 27.3 Å². The Morgan fingerprint density at radius 1 is 1.00 bits per heavy atom. The van der Waals surface area contributed by atoms with Gasteiger partial charge >= 0.3 is 6.03 Å². The lowest BCUT2D eigenvalue weighted by Crippen LogP contribution is -2.53. The number of piperazine rings is 1. The van der Waals surface area contributed by atoms with Gasteiger partial charge in [-0.2, -0.15) is 0 Å². The lowest BCUT2D eigenvalue weighted by molar-refractivity contribution is 0.0880. The number of nitrogens with one attached hydrogen (secondary N) is 1. The number of rotatable bonds is 5. The number of benzene rings is 1. The van der Waals surface area contributed by atoms with Crippen LogP contribution in [0, 0.1) is 20.8 Å². The molecule has 0 spiro atoms. The number of ketones is 1. The fourth-order valence-electron chi connectivity index (χ4n) is 3.49. The van der Waals surface area contributed by atoms with Crippen molar-refractivity contribution in [3.8, 4) is 0 Å². The summed E-state index contributed by atoms with van der Waals surface area (Å²) in [4.78, 5) is 28.6. The highest BCUT2D eigenvalue weighted by Gasteiger charge is 2.27.